The number of hydrogen-bond donors (Lipinski definition) is 1. The smallest absolute Gasteiger partial charge is 0.319 e. The first-order valence-corrected chi connectivity index (χ1v) is 5.71. The van der Waals surface area contributed by atoms with Crippen LogP contribution in [0.3, 0.4) is 0 Å². The van der Waals surface area contributed by atoms with Crippen LogP contribution in [0, 0.1) is 0 Å². The molecule has 17 heavy (non-hydrogen) atoms. The summed E-state index contributed by atoms with van der Waals surface area (Å²) in [6, 6.07) is 8.00. The fourth-order valence-electron chi connectivity index (χ4n) is 1.86. The van der Waals surface area contributed by atoms with Crippen molar-refractivity contribution >= 4 is 0 Å². The molecule has 1 N–H and O–H groups in total. The number of aryl methyl sites for hydroxylation is 1. The molecular formula is C13H17N3O. The van der Waals surface area contributed by atoms with Crippen LogP contribution in [0.4, 0.5) is 0 Å². The van der Waals surface area contributed by atoms with E-state index in [1.54, 1.807) is 28.6 Å². The van der Waals surface area contributed by atoms with Crippen LogP contribution in [0.15, 0.2) is 41.5 Å². The van der Waals surface area contributed by atoms with Crippen LogP contribution >= 0.6 is 0 Å². The number of nitrogens with zero attached hydrogens (tertiary/aromatic N) is 2. The van der Waals surface area contributed by atoms with Crippen molar-refractivity contribution in [3.8, 4) is 5.69 Å². The van der Waals surface area contributed by atoms with Gasteiger partial charge in [-0.15, -0.1) is 0 Å². The highest BCUT2D eigenvalue weighted by Crippen LogP contribution is 2.12. The molecule has 90 valence electrons. The van der Waals surface area contributed by atoms with Crippen molar-refractivity contribution in [3.05, 3.63) is 52.7 Å². The third kappa shape index (κ3) is 2.31. The Hall–Kier alpha value is -1.81. The molecular weight excluding hydrogens is 214 g/mol. The van der Waals surface area contributed by atoms with Gasteiger partial charge in [-0.25, -0.2) is 4.79 Å². The van der Waals surface area contributed by atoms with Gasteiger partial charge in [0.25, 0.3) is 0 Å². The lowest BCUT2D eigenvalue weighted by atomic mass is 10.1. The van der Waals surface area contributed by atoms with Gasteiger partial charge in [-0.2, -0.15) is 0 Å². The van der Waals surface area contributed by atoms with Gasteiger partial charge in [0.05, 0.1) is 5.69 Å². The van der Waals surface area contributed by atoms with Crippen LogP contribution in [-0.2, 0) is 13.5 Å². The van der Waals surface area contributed by atoms with E-state index in [0.717, 1.165) is 18.7 Å². The van der Waals surface area contributed by atoms with Gasteiger partial charge in [-0.05, 0) is 31.6 Å². The zero-order valence-corrected chi connectivity index (χ0v) is 10.2. The summed E-state index contributed by atoms with van der Waals surface area (Å²) in [5.41, 5.74) is 2.13. The van der Waals surface area contributed by atoms with Gasteiger partial charge in [-0.1, -0.05) is 18.2 Å². The maximum absolute atomic E-state index is 11.9. The van der Waals surface area contributed by atoms with E-state index in [4.69, 9.17) is 0 Å². The van der Waals surface area contributed by atoms with Crippen molar-refractivity contribution in [2.45, 2.75) is 6.42 Å². The van der Waals surface area contributed by atoms with E-state index in [-0.39, 0.29) is 5.69 Å². The van der Waals surface area contributed by atoms with Crippen LogP contribution in [0.2, 0.25) is 0 Å². The van der Waals surface area contributed by atoms with Crippen LogP contribution in [-0.4, -0.2) is 22.7 Å². The molecule has 0 aliphatic carbocycles. The summed E-state index contributed by atoms with van der Waals surface area (Å²) in [6.07, 6.45) is 4.49. The molecule has 1 aromatic heterocycles. The van der Waals surface area contributed by atoms with Gasteiger partial charge >= 0.3 is 5.69 Å². The Morgan fingerprint density at radius 3 is 2.65 bits per heavy atom. The summed E-state index contributed by atoms with van der Waals surface area (Å²) < 4.78 is 3.26. The van der Waals surface area contributed by atoms with E-state index in [0.29, 0.717) is 0 Å². The third-order valence-corrected chi connectivity index (χ3v) is 2.84. The van der Waals surface area contributed by atoms with Crippen molar-refractivity contribution in [3.63, 3.8) is 0 Å². The Morgan fingerprint density at radius 1 is 1.24 bits per heavy atom. The van der Waals surface area contributed by atoms with Gasteiger partial charge in [0.1, 0.15) is 0 Å². The second kappa shape index (κ2) is 5.01. The summed E-state index contributed by atoms with van der Waals surface area (Å²) >= 11 is 0. The normalized spacial score (nSPS) is 10.7. The SMILES string of the molecule is CNCCc1ccccc1-n1ccn(C)c1=O. The van der Waals surface area contributed by atoms with E-state index >= 15 is 0 Å². The first kappa shape index (κ1) is 11.7. The lowest BCUT2D eigenvalue weighted by Crippen LogP contribution is -2.22. The molecule has 2 aromatic rings. The van der Waals surface area contributed by atoms with E-state index in [1.165, 1.54) is 5.56 Å². The molecule has 1 aromatic carbocycles. The number of aromatic nitrogens is 2. The molecule has 0 fully saturated rings. The Kier molecular flexibility index (Phi) is 3.44. The molecule has 0 radical (unpaired) electrons. The van der Waals surface area contributed by atoms with Gasteiger partial charge in [0.2, 0.25) is 0 Å². The second-order valence-electron chi connectivity index (χ2n) is 4.04. The minimum absolute atomic E-state index is 0.0121. The second-order valence-corrected chi connectivity index (χ2v) is 4.04. The van der Waals surface area contributed by atoms with Gasteiger partial charge in [0.15, 0.2) is 0 Å². The fraction of sp³-hybridized carbons (Fsp3) is 0.308. The molecule has 0 bridgehead atoms. The Balaban J connectivity index is 2.44. The van der Waals surface area contributed by atoms with Crippen LogP contribution in [0.5, 0.6) is 0 Å². The molecule has 1 heterocycles. The van der Waals surface area contributed by atoms with E-state index in [9.17, 15) is 4.79 Å². The van der Waals surface area contributed by atoms with Crippen molar-refractivity contribution < 1.29 is 0 Å². The molecule has 0 aliphatic rings. The molecule has 0 spiro atoms. The monoisotopic (exact) mass is 231 g/mol. The van der Waals surface area contributed by atoms with Crippen LogP contribution in [0.25, 0.3) is 5.69 Å². The standard InChI is InChI=1S/C13H17N3O/c1-14-8-7-11-5-3-4-6-12(11)16-10-9-15(2)13(16)17/h3-6,9-10,14H,7-8H2,1-2H3. The molecule has 0 saturated carbocycles. The third-order valence-electron chi connectivity index (χ3n) is 2.84. The summed E-state index contributed by atoms with van der Waals surface area (Å²) in [4.78, 5) is 11.9. The Bertz CT molecular complexity index is 554. The maximum atomic E-state index is 11.9. The summed E-state index contributed by atoms with van der Waals surface area (Å²) in [6.45, 7) is 0.901. The minimum atomic E-state index is -0.0121. The predicted molar refractivity (Wildman–Crippen MR) is 68.6 cm³/mol. The first-order valence-electron chi connectivity index (χ1n) is 5.71. The molecule has 0 unspecified atom stereocenters. The highest BCUT2D eigenvalue weighted by atomic mass is 16.1. The van der Waals surface area contributed by atoms with E-state index in [2.05, 4.69) is 11.4 Å². The van der Waals surface area contributed by atoms with Gasteiger partial charge in [-0.3, -0.25) is 4.57 Å². The molecule has 2 rings (SSSR count). The summed E-state index contributed by atoms with van der Waals surface area (Å²) in [5, 5.41) is 3.12. The summed E-state index contributed by atoms with van der Waals surface area (Å²) in [7, 11) is 3.69. The predicted octanol–water partition coefficient (Wildman–Crippen LogP) is 0.938. The van der Waals surface area contributed by atoms with Crippen LogP contribution < -0.4 is 11.0 Å². The molecule has 0 aliphatic heterocycles. The molecule has 4 nitrogen and oxygen atoms in total. The number of rotatable bonds is 4. The minimum Gasteiger partial charge on any atom is -0.319 e. The lowest BCUT2D eigenvalue weighted by Gasteiger charge is -2.09. The summed E-state index contributed by atoms with van der Waals surface area (Å²) in [5.74, 6) is 0. The Morgan fingerprint density at radius 2 is 2.00 bits per heavy atom. The number of para-hydroxylation sites is 1. The first-order chi connectivity index (χ1) is 8.24. The quantitative estimate of drug-likeness (QED) is 0.850. The fourth-order valence-corrected chi connectivity index (χ4v) is 1.86. The number of imidazole rings is 1. The maximum Gasteiger partial charge on any atom is 0.332 e. The van der Waals surface area contributed by atoms with E-state index in [1.807, 2.05) is 25.2 Å². The van der Waals surface area contributed by atoms with Crippen molar-refractivity contribution in [1.82, 2.24) is 14.5 Å². The number of benzene rings is 1. The largest absolute Gasteiger partial charge is 0.332 e. The molecule has 0 saturated heterocycles. The van der Waals surface area contributed by atoms with Crippen molar-refractivity contribution in [2.75, 3.05) is 13.6 Å². The Labute approximate surface area is 101 Å². The van der Waals surface area contributed by atoms with Gasteiger partial charge in [0, 0.05) is 19.4 Å². The molecule has 0 amide bonds. The number of nitrogens with one attached hydrogen (secondary N) is 1. The average Bonchev–Trinajstić information content (AvgIpc) is 2.68. The van der Waals surface area contributed by atoms with Crippen molar-refractivity contribution in [2.24, 2.45) is 7.05 Å². The van der Waals surface area contributed by atoms with E-state index < -0.39 is 0 Å². The number of hydrogen-bond acceptors (Lipinski definition) is 2. The average molecular weight is 231 g/mol. The molecule has 0 atom stereocenters. The zero-order chi connectivity index (χ0) is 12.3. The molecule has 4 heteroatoms. The highest BCUT2D eigenvalue weighted by molar-refractivity contribution is 5.41. The number of likely N-dealkylation sites (N-methyl/N-ethyl adjacent to an activating group) is 1. The van der Waals surface area contributed by atoms with Crippen LogP contribution in [0.1, 0.15) is 5.56 Å². The lowest BCUT2D eigenvalue weighted by molar-refractivity contribution is 0.778. The zero-order valence-electron chi connectivity index (χ0n) is 10.2. The topological polar surface area (TPSA) is 39.0 Å². The highest BCUT2D eigenvalue weighted by Gasteiger charge is 2.06. The van der Waals surface area contributed by atoms with Crippen molar-refractivity contribution in [1.29, 1.82) is 0 Å². The van der Waals surface area contributed by atoms with Gasteiger partial charge < -0.3 is 9.88 Å².